The van der Waals surface area contributed by atoms with Gasteiger partial charge >= 0.3 is 0 Å². The first-order valence-corrected chi connectivity index (χ1v) is 5.02. The minimum Gasteiger partial charge on any atom is -0.397 e. The van der Waals surface area contributed by atoms with Crippen molar-refractivity contribution in [1.29, 1.82) is 0 Å². The average molecular weight is 252 g/mol. The van der Waals surface area contributed by atoms with E-state index in [9.17, 15) is 13.6 Å². The lowest BCUT2D eigenvalue weighted by molar-refractivity contribution is 0.101. The number of carbonyl (C=O) groups excluding carboxylic acids is 1. The Morgan fingerprint density at radius 3 is 2.78 bits per heavy atom. The van der Waals surface area contributed by atoms with Crippen molar-refractivity contribution in [3.8, 4) is 0 Å². The smallest absolute Gasteiger partial charge is 0.274 e. The van der Waals surface area contributed by atoms with E-state index in [1.165, 1.54) is 23.2 Å². The number of hydrogen-bond donors (Lipinski definition) is 2. The second-order valence-corrected chi connectivity index (χ2v) is 3.67. The molecular weight excluding hydrogens is 242 g/mol. The Morgan fingerprint density at radius 1 is 1.44 bits per heavy atom. The van der Waals surface area contributed by atoms with Crippen LogP contribution in [0.5, 0.6) is 0 Å². The fourth-order valence-electron chi connectivity index (χ4n) is 1.45. The fourth-order valence-corrected chi connectivity index (χ4v) is 1.45. The van der Waals surface area contributed by atoms with Gasteiger partial charge in [-0.2, -0.15) is 0 Å². The molecule has 0 aliphatic carbocycles. The predicted octanol–water partition coefficient (Wildman–Crippen LogP) is 1.53. The number of aromatic nitrogens is 2. The number of nitrogen functional groups attached to an aromatic ring is 1. The third kappa shape index (κ3) is 2.02. The Morgan fingerprint density at radius 2 is 2.17 bits per heavy atom. The second-order valence-electron chi connectivity index (χ2n) is 3.67. The highest BCUT2D eigenvalue weighted by molar-refractivity contribution is 6.04. The van der Waals surface area contributed by atoms with Crippen molar-refractivity contribution in [2.24, 2.45) is 7.05 Å². The van der Waals surface area contributed by atoms with E-state index in [1.807, 2.05) is 0 Å². The molecule has 1 amide bonds. The number of benzene rings is 1. The quantitative estimate of drug-likeness (QED) is 0.796. The molecule has 7 heteroatoms. The average Bonchev–Trinajstić information content (AvgIpc) is 2.76. The van der Waals surface area contributed by atoms with Gasteiger partial charge < -0.3 is 15.6 Å². The number of nitrogens with two attached hydrogens (primary N) is 1. The fraction of sp³-hybridized carbons (Fsp3) is 0.0909. The van der Waals surface area contributed by atoms with Gasteiger partial charge in [0.15, 0.2) is 11.6 Å². The summed E-state index contributed by atoms with van der Waals surface area (Å²) in [5, 5.41) is 2.22. The van der Waals surface area contributed by atoms with Crippen LogP contribution in [0.2, 0.25) is 0 Å². The third-order valence-corrected chi connectivity index (χ3v) is 2.41. The van der Waals surface area contributed by atoms with Crippen LogP contribution in [0, 0.1) is 11.6 Å². The summed E-state index contributed by atoms with van der Waals surface area (Å²) in [6, 6.07) is 2.07. The van der Waals surface area contributed by atoms with Crippen LogP contribution in [-0.2, 0) is 7.05 Å². The first-order chi connectivity index (χ1) is 8.50. The van der Waals surface area contributed by atoms with E-state index in [4.69, 9.17) is 5.73 Å². The molecule has 0 spiro atoms. The molecule has 0 saturated carbocycles. The van der Waals surface area contributed by atoms with Gasteiger partial charge in [-0.15, -0.1) is 0 Å². The van der Waals surface area contributed by atoms with Crippen LogP contribution >= 0.6 is 0 Å². The second kappa shape index (κ2) is 4.44. The molecular formula is C11H10F2N4O. The SMILES string of the molecule is Cn1cncc1C(=O)Nc1c(N)ccc(F)c1F. The van der Waals surface area contributed by atoms with Crippen LogP contribution in [0.15, 0.2) is 24.7 Å². The summed E-state index contributed by atoms with van der Waals surface area (Å²) in [6.45, 7) is 0. The van der Waals surface area contributed by atoms with Crippen molar-refractivity contribution in [1.82, 2.24) is 9.55 Å². The number of anilines is 2. The van der Waals surface area contributed by atoms with Crippen LogP contribution in [0.4, 0.5) is 20.2 Å². The molecule has 18 heavy (non-hydrogen) atoms. The molecule has 2 rings (SSSR count). The number of amides is 1. The molecule has 3 N–H and O–H groups in total. The zero-order valence-electron chi connectivity index (χ0n) is 9.45. The maximum atomic E-state index is 13.5. The molecule has 0 atom stereocenters. The largest absolute Gasteiger partial charge is 0.397 e. The van der Waals surface area contributed by atoms with E-state index in [0.717, 1.165) is 6.07 Å². The van der Waals surface area contributed by atoms with Gasteiger partial charge in [0.2, 0.25) is 0 Å². The Balaban J connectivity index is 2.33. The minimum atomic E-state index is -1.19. The van der Waals surface area contributed by atoms with Gasteiger partial charge in [-0.3, -0.25) is 4.79 Å². The molecule has 0 aliphatic heterocycles. The molecule has 5 nitrogen and oxygen atoms in total. The van der Waals surface area contributed by atoms with Crippen LogP contribution in [-0.4, -0.2) is 15.5 Å². The lowest BCUT2D eigenvalue weighted by Crippen LogP contribution is -2.17. The molecule has 1 heterocycles. The predicted molar refractivity (Wildman–Crippen MR) is 61.9 cm³/mol. The summed E-state index contributed by atoms with van der Waals surface area (Å²) in [5.41, 5.74) is 5.27. The molecule has 0 aliphatic rings. The van der Waals surface area contributed by atoms with Gasteiger partial charge in [-0.25, -0.2) is 13.8 Å². The summed E-state index contributed by atoms with van der Waals surface area (Å²) < 4.78 is 28.0. The summed E-state index contributed by atoms with van der Waals surface area (Å²) in [5.74, 6) is -2.89. The van der Waals surface area contributed by atoms with Crippen molar-refractivity contribution < 1.29 is 13.6 Å². The number of halogens is 2. The van der Waals surface area contributed by atoms with Crippen LogP contribution in [0.3, 0.4) is 0 Å². The lowest BCUT2D eigenvalue weighted by atomic mass is 10.2. The summed E-state index contributed by atoms with van der Waals surface area (Å²) in [6.07, 6.45) is 2.73. The zero-order valence-corrected chi connectivity index (χ0v) is 9.45. The first-order valence-electron chi connectivity index (χ1n) is 5.02. The number of aryl methyl sites for hydroxylation is 1. The van der Waals surface area contributed by atoms with E-state index < -0.39 is 17.5 Å². The molecule has 0 bridgehead atoms. The standard InChI is InChI=1S/C11H10F2N4O/c1-17-5-15-4-8(17)11(18)16-10-7(14)3-2-6(12)9(10)13/h2-5H,14H2,1H3,(H,16,18). The summed E-state index contributed by atoms with van der Waals surface area (Å²) in [7, 11) is 1.60. The van der Waals surface area contributed by atoms with E-state index in [1.54, 1.807) is 7.05 Å². The van der Waals surface area contributed by atoms with Crippen molar-refractivity contribution in [2.75, 3.05) is 11.1 Å². The van der Waals surface area contributed by atoms with Gasteiger partial charge in [0.25, 0.3) is 5.91 Å². The van der Waals surface area contributed by atoms with Gasteiger partial charge in [0.1, 0.15) is 11.4 Å². The lowest BCUT2D eigenvalue weighted by Gasteiger charge is -2.09. The van der Waals surface area contributed by atoms with Crippen molar-refractivity contribution in [3.63, 3.8) is 0 Å². The molecule has 1 aromatic heterocycles. The Labute approximate surface area is 101 Å². The molecule has 0 radical (unpaired) electrons. The number of carbonyl (C=O) groups is 1. The number of nitrogens with zero attached hydrogens (tertiary/aromatic N) is 2. The third-order valence-electron chi connectivity index (χ3n) is 2.41. The molecule has 0 fully saturated rings. The number of hydrogen-bond acceptors (Lipinski definition) is 3. The van der Waals surface area contributed by atoms with Gasteiger partial charge in [-0.1, -0.05) is 0 Å². The molecule has 94 valence electrons. The van der Waals surface area contributed by atoms with Crippen LogP contribution in [0.25, 0.3) is 0 Å². The van der Waals surface area contributed by atoms with E-state index >= 15 is 0 Å². The minimum absolute atomic E-state index is 0.0515. The topological polar surface area (TPSA) is 72.9 Å². The normalized spacial score (nSPS) is 10.4. The first kappa shape index (κ1) is 12.0. The number of imidazole rings is 1. The highest BCUT2D eigenvalue weighted by Crippen LogP contribution is 2.24. The number of rotatable bonds is 2. The van der Waals surface area contributed by atoms with E-state index in [0.29, 0.717) is 0 Å². The summed E-state index contributed by atoms with van der Waals surface area (Å²) in [4.78, 5) is 15.5. The Kier molecular flexibility index (Phi) is 2.97. The highest BCUT2D eigenvalue weighted by Gasteiger charge is 2.17. The van der Waals surface area contributed by atoms with Gasteiger partial charge in [0.05, 0.1) is 18.2 Å². The maximum Gasteiger partial charge on any atom is 0.274 e. The summed E-state index contributed by atoms with van der Waals surface area (Å²) >= 11 is 0. The zero-order chi connectivity index (χ0) is 13.3. The molecule has 0 unspecified atom stereocenters. The van der Waals surface area contributed by atoms with Gasteiger partial charge in [0, 0.05) is 7.05 Å². The molecule has 0 saturated heterocycles. The number of nitrogens with one attached hydrogen (secondary N) is 1. The van der Waals surface area contributed by atoms with Crippen LogP contribution in [0.1, 0.15) is 10.5 Å². The van der Waals surface area contributed by atoms with Crippen molar-refractivity contribution in [2.45, 2.75) is 0 Å². The monoisotopic (exact) mass is 252 g/mol. The van der Waals surface area contributed by atoms with Crippen molar-refractivity contribution >= 4 is 17.3 Å². The molecule has 1 aromatic carbocycles. The highest BCUT2D eigenvalue weighted by atomic mass is 19.2. The van der Waals surface area contributed by atoms with E-state index in [2.05, 4.69) is 10.3 Å². The van der Waals surface area contributed by atoms with Crippen LogP contribution < -0.4 is 11.1 Å². The molecule has 2 aromatic rings. The Hall–Kier alpha value is -2.44. The Bertz CT molecular complexity index is 609. The van der Waals surface area contributed by atoms with Gasteiger partial charge in [-0.05, 0) is 12.1 Å². The van der Waals surface area contributed by atoms with E-state index in [-0.39, 0.29) is 17.1 Å². The van der Waals surface area contributed by atoms with Crippen molar-refractivity contribution in [3.05, 3.63) is 42.0 Å². The maximum absolute atomic E-state index is 13.5.